The molecule has 5 nitrogen and oxygen atoms in total. The molecule has 2 aromatic rings. The highest BCUT2D eigenvalue weighted by Crippen LogP contribution is 2.13. The fourth-order valence-corrected chi connectivity index (χ4v) is 2.30. The molecule has 0 aliphatic rings. The zero-order valence-corrected chi connectivity index (χ0v) is 11.5. The number of hydrogen-bond donors (Lipinski definition) is 0. The second-order valence-corrected chi connectivity index (χ2v) is 6.23. The van der Waals surface area contributed by atoms with Gasteiger partial charge < -0.3 is 0 Å². The highest BCUT2D eigenvalue weighted by Gasteiger charge is 2.13. The first-order chi connectivity index (χ1) is 8.91. The lowest BCUT2D eigenvalue weighted by atomic mass is 10.1. The van der Waals surface area contributed by atoms with Gasteiger partial charge in [0.2, 0.25) is 0 Å². The van der Waals surface area contributed by atoms with Crippen molar-refractivity contribution in [3.63, 3.8) is 0 Å². The largest absolute Gasteiger partial charge is 0.288 e. The molecule has 2 rings (SSSR count). The van der Waals surface area contributed by atoms with E-state index in [-0.39, 0.29) is 10.7 Å². The Balaban J connectivity index is 2.30. The number of benzene rings is 1. The van der Waals surface area contributed by atoms with Crippen LogP contribution >= 0.6 is 0 Å². The zero-order valence-electron chi connectivity index (χ0n) is 10.7. The van der Waals surface area contributed by atoms with Crippen molar-refractivity contribution in [2.24, 2.45) is 0 Å². The molecular formula is C13H14N2O3S. The molecule has 0 amide bonds. The van der Waals surface area contributed by atoms with Gasteiger partial charge in [0, 0.05) is 24.6 Å². The van der Waals surface area contributed by atoms with Crippen LogP contribution in [0, 0.1) is 0 Å². The summed E-state index contributed by atoms with van der Waals surface area (Å²) in [6.07, 6.45) is 4.32. The standard InChI is InChI=1S/C13H14N2O3S/c1-3-15-9-11(8-14-15)13(16)10-4-6-12(7-5-10)19(2,17)18/h4-9H,3H2,1-2H3. The minimum absolute atomic E-state index is 0.167. The smallest absolute Gasteiger partial charge is 0.196 e. The van der Waals surface area contributed by atoms with Crippen LogP contribution in [0.1, 0.15) is 22.8 Å². The van der Waals surface area contributed by atoms with Gasteiger partial charge in [0.25, 0.3) is 0 Å². The van der Waals surface area contributed by atoms with E-state index < -0.39 is 9.84 Å². The van der Waals surface area contributed by atoms with Crippen molar-refractivity contribution in [1.29, 1.82) is 0 Å². The van der Waals surface area contributed by atoms with E-state index in [0.717, 1.165) is 6.26 Å². The monoisotopic (exact) mass is 278 g/mol. The summed E-state index contributed by atoms with van der Waals surface area (Å²) in [6.45, 7) is 2.63. The third-order valence-corrected chi connectivity index (χ3v) is 3.89. The van der Waals surface area contributed by atoms with Gasteiger partial charge in [0.1, 0.15) is 0 Å². The molecule has 0 aliphatic heterocycles. The van der Waals surface area contributed by atoms with E-state index in [1.807, 2.05) is 6.92 Å². The number of carbonyl (C=O) groups is 1. The van der Waals surface area contributed by atoms with Crippen molar-refractivity contribution in [3.8, 4) is 0 Å². The van der Waals surface area contributed by atoms with E-state index in [0.29, 0.717) is 17.7 Å². The fourth-order valence-electron chi connectivity index (χ4n) is 1.67. The maximum absolute atomic E-state index is 12.1. The predicted molar refractivity (Wildman–Crippen MR) is 70.9 cm³/mol. The van der Waals surface area contributed by atoms with Crippen molar-refractivity contribution in [2.45, 2.75) is 18.4 Å². The molecule has 0 aliphatic carbocycles. The Bertz CT molecular complexity index is 700. The minimum atomic E-state index is -3.24. The van der Waals surface area contributed by atoms with Crippen LogP contribution in [-0.2, 0) is 16.4 Å². The van der Waals surface area contributed by atoms with Gasteiger partial charge >= 0.3 is 0 Å². The molecule has 1 aromatic heterocycles. The van der Waals surface area contributed by atoms with E-state index in [1.165, 1.54) is 30.5 Å². The normalized spacial score (nSPS) is 11.5. The van der Waals surface area contributed by atoms with Gasteiger partial charge in [-0.3, -0.25) is 9.48 Å². The molecular weight excluding hydrogens is 264 g/mol. The first-order valence-corrected chi connectivity index (χ1v) is 7.68. The van der Waals surface area contributed by atoms with Gasteiger partial charge in [0.15, 0.2) is 15.6 Å². The van der Waals surface area contributed by atoms with Gasteiger partial charge in [-0.2, -0.15) is 5.10 Å². The lowest BCUT2D eigenvalue weighted by Crippen LogP contribution is -2.02. The van der Waals surface area contributed by atoms with Crippen molar-refractivity contribution < 1.29 is 13.2 Å². The number of aryl methyl sites for hydroxylation is 1. The SMILES string of the molecule is CCn1cc(C(=O)c2ccc(S(C)(=O)=O)cc2)cn1. The molecule has 1 heterocycles. The van der Waals surface area contributed by atoms with E-state index in [4.69, 9.17) is 0 Å². The van der Waals surface area contributed by atoms with Gasteiger partial charge in [-0.1, -0.05) is 0 Å². The lowest BCUT2D eigenvalue weighted by Gasteiger charge is -2.01. The van der Waals surface area contributed by atoms with Crippen LogP contribution in [0.4, 0.5) is 0 Å². The van der Waals surface area contributed by atoms with Crippen LogP contribution in [-0.4, -0.2) is 30.2 Å². The van der Waals surface area contributed by atoms with E-state index in [1.54, 1.807) is 10.9 Å². The van der Waals surface area contributed by atoms with Gasteiger partial charge in [-0.15, -0.1) is 0 Å². The predicted octanol–water partition coefficient (Wildman–Crippen LogP) is 1.54. The van der Waals surface area contributed by atoms with Gasteiger partial charge in [-0.25, -0.2) is 8.42 Å². The Labute approximate surface area is 111 Å². The third-order valence-electron chi connectivity index (χ3n) is 2.76. The minimum Gasteiger partial charge on any atom is -0.288 e. The van der Waals surface area contributed by atoms with Crippen molar-refractivity contribution >= 4 is 15.6 Å². The Morgan fingerprint density at radius 2 is 1.84 bits per heavy atom. The molecule has 1 aromatic carbocycles. The Morgan fingerprint density at radius 1 is 1.21 bits per heavy atom. The second kappa shape index (κ2) is 4.97. The van der Waals surface area contributed by atoms with Crippen molar-refractivity contribution in [1.82, 2.24) is 9.78 Å². The molecule has 19 heavy (non-hydrogen) atoms. The number of rotatable bonds is 4. The maximum atomic E-state index is 12.1. The number of carbonyl (C=O) groups excluding carboxylic acids is 1. The lowest BCUT2D eigenvalue weighted by molar-refractivity contribution is 0.103. The third kappa shape index (κ3) is 2.90. The Hall–Kier alpha value is -1.95. The molecule has 0 unspecified atom stereocenters. The van der Waals surface area contributed by atoms with Crippen LogP contribution in [0.3, 0.4) is 0 Å². The average molecular weight is 278 g/mol. The Kier molecular flexibility index (Phi) is 3.53. The number of sulfone groups is 1. The summed E-state index contributed by atoms with van der Waals surface area (Å²) in [4.78, 5) is 12.3. The topological polar surface area (TPSA) is 69.0 Å². The maximum Gasteiger partial charge on any atom is 0.196 e. The number of ketones is 1. The molecule has 0 saturated carbocycles. The number of aromatic nitrogens is 2. The molecule has 0 radical (unpaired) electrons. The molecule has 0 atom stereocenters. The highest BCUT2D eigenvalue weighted by molar-refractivity contribution is 7.90. The van der Waals surface area contributed by atoms with Crippen molar-refractivity contribution in [2.75, 3.05) is 6.26 Å². The van der Waals surface area contributed by atoms with Gasteiger partial charge in [-0.05, 0) is 31.2 Å². The van der Waals surface area contributed by atoms with Crippen LogP contribution < -0.4 is 0 Å². The fraction of sp³-hybridized carbons (Fsp3) is 0.231. The molecule has 0 fully saturated rings. The molecule has 0 spiro atoms. The number of nitrogens with zero attached hydrogens (tertiary/aromatic N) is 2. The van der Waals surface area contributed by atoms with Crippen LogP contribution in [0.15, 0.2) is 41.6 Å². The van der Waals surface area contributed by atoms with Crippen LogP contribution in [0.5, 0.6) is 0 Å². The quantitative estimate of drug-likeness (QED) is 0.795. The summed E-state index contributed by atoms with van der Waals surface area (Å²) >= 11 is 0. The molecule has 0 saturated heterocycles. The average Bonchev–Trinajstić information content (AvgIpc) is 2.86. The molecule has 0 N–H and O–H groups in total. The highest BCUT2D eigenvalue weighted by atomic mass is 32.2. The zero-order chi connectivity index (χ0) is 14.0. The summed E-state index contributed by atoms with van der Waals surface area (Å²) in [7, 11) is -3.24. The molecule has 0 bridgehead atoms. The van der Waals surface area contributed by atoms with E-state index in [9.17, 15) is 13.2 Å². The summed E-state index contributed by atoms with van der Waals surface area (Å²) in [6, 6.07) is 5.91. The number of hydrogen-bond acceptors (Lipinski definition) is 4. The Morgan fingerprint density at radius 3 is 2.32 bits per heavy atom. The van der Waals surface area contributed by atoms with E-state index in [2.05, 4.69) is 5.10 Å². The summed E-state index contributed by atoms with van der Waals surface area (Å²) < 4.78 is 24.3. The van der Waals surface area contributed by atoms with Gasteiger partial charge in [0.05, 0.1) is 16.7 Å². The molecule has 6 heteroatoms. The first-order valence-electron chi connectivity index (χ1n) is 5.79. The van der Waals surface area contributed by atoms with Crippen LogP contribution in [0.25, 0.3) is 0 Å². The summed E-state index contributed by atoms with van der Waals surface area (Å²) in [5.41, 5.74) is 0.942. The second-order valence-electron chi connectivity index (χ2n) is 4.21. The molecule has 100 valence electrons. The van der Waals surface area contributed by atoms with Crippen molar-refractivity contribution in [3.05, 3.63) is 47.8 Å². The summed E-state index contributed by atoms with van der Waals surface area (Å²) in [5, 5.41) is 4.04. The first kappa shape index (κ1) is 13.5. The van der Waals surface area contributed by atoms with E-state index >= 15 is 0 Å². The summed E-state index contributed by atoms with van der Waals surface area (Å²) in [5.74, 6) is -0.167. The van der Waals surface area contributed by atoms with Crippen LogP contribution in [0.2, 0.25) is 0 Å².